The van der Waals surface area contributed by atoms with E-state index in [0.29, 0.717) is 12.5 Å². The Balaban J connectivity index is 1.41. The number of hydrogen-bond donors (Lipinski definition) is 1. The number of methoxy groups -OCH3 is 1. The third-order valence-corrected chi connectivity index (χ3v) is 9.13. The van der Waals surface area contributed by atoms with Gasteiger partial charge >= 0.3 is 0 Å². The molecule has 1 saturated heterocycles. The Hall–Kier alpha value is -1.92. The lowest BCUT2D eigenvalue weighted by Crippen LogP contribution is -2.54. The molecule has 2 spiro atoms. The molecular weight excluding hydrogens is 402 g/mol. The van der Waals surface area contributed by atoms with Gasteiger partial charge in [0.2, 0.25) is 0 Å². The molecule has 0 aromatic heterocycles. The molecule has 6 nitrogen and oxygen atoms in total. The minimum Gasteiger partial charge on any atom is -0.381 e. The zero-order chi connectivity index (χ0) is 21.9. The van der Waals surface area contributed by atoms with Crippen LogP contribution in [0.1, 0.15) is 68.1 Å². The van der Waals surface area contributed by atoms with Gasteiger partial charge in [-0.15, -0.1) is 0 Å². The molecule has 1 aromatic carbocycles. The zero-order valence-corrected chi connectivity index (χ0v) is 19.1. The second kappa shape index (κ2) is 7.56. The number of benzene rings is 1. The van der Waals surface area contributed by atoms with Crippen LogP contribution < -0.4 is 5.73 Å². The molecule has 2 heterocycles. The molecule has 0 bridgehead atoms. The Morgan fingerprint density at radius 2 is 2.00 bits per heavy atom. The Bertz CT molecular complexity index is 944. The highest BCUT2D eigenvalue weighted by Crippen LogP contribution is 2.62. The fraction of sp³-hybridized carbons (Fsp3) is 0.692. The van der Waals surface area contributed by atoms with Crippen molar-refractivity contribution in [3.05, 3.63) is 34.9 Å². The van der Waals surface area contributed by atoms with E-state index in [1.54, 1.807) is 12.0 Å². The highest BCUT2D eigenvalue weighted by Gasteiger charge is 2.66. The van der Waals surface area contributed by atoms with Crippen LogP contribution in [0.3, 0.4) is 0 Å². The highest BCUT2D eigenvalue weighted by molar-refractivity contribution is 6.08. The van der Waals surface area contributed by atoms with Crippen LogP contribution in [0.2, 0.25) is 0 Å². The van der Waals surface area contributed by atoms with Crippen molar-refractivity contribution in [3.8, 4) is 0 Å². The molecule has 2 saturated carbocycles. The number of hydrogen-bond acceptors (Lipinski definition) is 5. The first-order chi connectivity index (χ1) is 15.5. The van der Waals surface area contributed by atoms with Crippen LogP contribution in [0.25, 0.3) is 0 Å². The smallest absolute Gasteiger partial charge is 0.262 e. The molecule has 3 aliphatic carbocycles. The molecule has 2 aliphatic heterocycles. The van der Waals surface area contributed by atoms with Crippen LogP contribution in [0.15, 0.2) is 23.2 Å². The van der Waals surface area contributed by atoms with Crippen LogP contribution in [-0.4, -0.2) is 49.2 Å². The number of ether oxygens (including phenoxy) is 2. The summed E-state index contributed by atoms with van der Waals surface area (Å²) < 4.78 is 11.3. The zero-order valence-electron chi connectivity index (χ0n) is 19.1. The molecule has 1 amide bonds. The van der Waals surface area contributed by atoms with Gasteiger partial charge in [-0.2, -0.15) is 0 Å². The third kappa shape index (κ3) is 2.91. The van der Waals surface area contributed by atoms with Crippen LogP contribution in [0.4, 0.5) is 0 Å². The first-order valence-electron chi connectivity index (χ1n) is 12.5. The standard InChI is InChI=1S/C26H35N3O3/c1-31-20-7-10-25(11-8-20)15-19-6-5-18(13-17-3-2-4-17)14-22(19)26(25)23(30)29(24(27)28-26)16-21-9-12-32-21/h5-6,14,17,20-21H,2-4,7-13,15-16H2,1H3,(H2,27,28)/t20?,21-,25?,26+/m0/s1. The van der Waals surface area contributed by atoms with Crippen molar-refractivity contribution in [2.75, 3.05) is 20.3 Å². The second-order valence-electron chi connectivity index (χ2n) is 10.8. The molecule has 1 aromatic rings. The lowest BCUT2D eigenvalue weighted by atomic mass is 9.61. The number of rotatable bonds is 5. The van der Waals surface area contributed by atoms with E-state index in [2.05, 4.69) is 18.2 Å². The number of nitrogens with two attached hydrogens (primary N) is 1. The van der Waals surface area contributed by atoms with Crippen molar-refractivity contribution in [2.45, 2.75) is 82.0 Å². The quantitative estimate of drug-likeness (QED) is 0.767. The number of carbonyl (C=O) groups is 1. The predicted molar refractivity (Wildman–Crippen MR) is 122 cm³/mol. The topological polar surface area (TPSA) is 77.2 Å². The maximum atomic E-state index is 14.2. The summed E-state index contributed by atoms with van der Waals surface area (Å²) in [5.74, 6) is 1.23. The van der Waals surface area contributed by atoms with Gasteiger partial charge in [-0.25, -0.2) is 4.99 Å². The SMILES string of the molecule is COC1CCC2(CC1)Cc1ccc(CC3CCC3)cc1[C@]21N=C(N)N(C[C@@H]2CCO2)C1=O. The summed E-state index contributed by atoms with van der Waals surface area (Å²) in [6.45, 7) is 1.29. The van der Waals surface area contributed by atoms with Gasteiger partial charge in [0.25, 0.3) is 5.91 Å². The van der Waals surface area contributed by atoms with Gasteiger partial charge in [-0.3, -0.25) is 9.69 Å². The van der Waals surface area contributed by atoms with Crippen LogP contribution in [0.5, 0.6) is 0 Å². The molecule has 32 heavy (non-hydrogen) atoms. The summed E-state index contributed by atoms with van der Waals surface area (Å²) in [6, 6.07) is 6.87. The van der Waals surface area contributed by atoms with E-state index in [4.69, 9.17) is 20.2 Å². The van der Waals surface area contributed by atoms with Crippen molar-refractivity contribution >= 4 is 11.9 Å². The average molecular weight is 438 g/mol. The minimum absolute atomic E-state index is 0.0703. The van der Waals surface area contributed by atoms with Crippen LogP contribution in [0, 0.1) is 11.3 Å². The summed E-state index contributed by atoms with van der Waals surface area (Å²) in [7, 11) is 1.80. The number of carbonyl (C=O) groups excluding carboxylic acids is 1. The van der Waals surface area contributed by atoms with Crippen LogP contribution in [-0.2, 0) is 32.6 Å². The predicted octanol–water partition coefficient (Wildman–Crippen LogP) is 3.30. The largest absolute Gasteiger partial charge is 0.381 e. The van der Waals surface area contributed by atoms with E-state index < -0.39 is 5.54 Å². The summed E-state index contributed by atoms with van der Waals surface area (Å²) in [4.78, 5) is 21.1. The van der Waals surface area contributed by atoms with Gasteiger partial charge in [-0.1, -0.05) is 37.5 Å². The number of amides is 1. The monoisotopic (exact) mass is 437 g/mol. The molecule has 6 rings (SSSR count). The Kier molecular flexibility index (Phi) is 4.88. The van der Waals surface area contributed by atoms with Crippen LogP contribution >= 0.6 is 0 Å². The Labute approximate surface area is 190 Å². The molecule has 0 unspecified atom stereocenters. The van der Waals surface area contributed by atoms with E-state index >= 15 is 0 Å². The maximum Gasteiger partial charge on any atom is 0.262 e. The van der Waals surface area contributed by atoms with E-state index in [1.165, 1.54) is 30.4 Å². The number of fused-ring (bicyclic) bond motifs is 3. The van der Waals surface area contributed by atoms with Gasteiger partial charge in [0, 0.05) is 19.1 Å². The van der Waals surface area contributed by atoms with E-state index in [9.17, 15) is 4.79 Å². The maximum absolute atomic E-state index is 14.2. The first kappa shape index (κ1) is 20.7. The summed E-state index contributed by atoms with van der Waals surface area (Å²) in [5.41, 5.74) is 9.13. The number of nitrogens with zero attached hydrogens (tertiary/aromatic N) is 2. The van der Waals surface area contributed by atoms with Gasteiger partial charge < -0.3 is 15.2 Å². The molecule has 0 radical (unpaired) electrons. The van der Waals surface area contributed by atoms with Crippen molar-refractivity contribution in [1.82, 2.24) is 4.90 Å². The summed E-state index contributed by atoms with van der Waals surface area (Å²) >= 11 is 0. The van der Waals surface area contributed by atoms with Gasteiger partial charge in [0.15, 0.2) is 11.5 Å². The highest BCUT2D eigenvalue weighted by atomic mass is 16.5. The molecule has 172 valence electrons. The molecular formula is C26H35N3O3. The summed E-state index contributed by atoms with van der Waals surface area (Å²) in [5, 5.41) is 0. The van der Waals surface area contributed by atoms with E-state index in [0.717, 1.165) is 63.0 Å². The average Bonchev–Trinajstić information content (AvgIpc) is 3.14. The fourth-order valence-corrected chi connectivity index (χ4v) is 6.88. The normalized spacial score (nSPS) is 36.3. The minimum atomic E-state index is -0.884. The Morgan fingerprint density at radius 1 is 1.22 bits per heavy atom. The van der Waals surface area contributed by atoms with E-state index in [-0.39, 0.29) is 23.5 Å². The van der Waals surface area contributed by atoms with Gasteiger partial charge in [0.1, 0.15) is 0 Å². The first-order valence-corrected chi connectivity index (χ1v) is 12.5. The molecule has 2 atom stereocenters. The molecule has 5 aliphatic rings. The Morgan fingerprint density at radius 3 is 2.62 bits per heavy atom. The fourth-order valence-electron chi connectivity index (χ4n) is 6.88. The molecule has 2 N–H and O–H groups in total. The van der Waals surface area contributed by atoms with Crippen molar-refractivity contribution < 1.29 is 14.3 Å². The summed E-state index contributed by atoms with van der Waals surface area (Å²) in [6.07, 6.45) is 11.1. The van der Waals surface area contributed by atoms with Crippen molar-refractivity contribution in [1.29, 1.82) is 0 Å². The van der Waals surface area contributed by atoms with Crippen molar-refractivity contribution in [3.63, 3.8) is 0 Å². The molecule has 3 fully saturated rings. The van der Waals surface area contributed by atoms with E-state index in [1.807, 2.05) is 0 Å². The lowest BCUT2D eigenvalue weighted by Gasteiger charge is -2.45. The second-order valence-corrected chi connectivity index (χ2v) is 10.8. The van der Waals surface area contributed by atoms with Gasteiger partial charge in [0.05, 0.1) is 18.8 Å². The van der Waals surface area contributed by atoms with Crippen molar-refractivity contribution in [2.24, 2.45) is 22.1 Å². The number of guanidine groups is 1. The third-order valence-electron chi connectivity index (χ3n) is 9.13. The lowest BCUT2D eigenvalue weighted by molar-refractivity contribution is -0.141. The molecule has 6 heteroatoms. The number of aliphatic imine (C=N–C) groups is 1. The van der Waals surface area contributed by atoms with Gasteiger partial charge in [-0.05, 0) is 67.6 Å².